The van der Waals surface area contributed by atoms with Gasteiger partial charge in [0.05, 0.1) is 9.79 Å². The molecule has 4 aromatic rings. The average Bonchev–Trinajstić information content (AvgIpc) is 3.02. The van der Waals surface area contributed by atoms with Crippen LogP contribution < -0.4 is 0 Å². The van der Waals surface area contributed by atoms with Crippen LogP contribution in [0.5, 0.6) is 0 Å². The summed E-state index contributed by atoms with van der Waals surface area (Å²) in [5.74, 6) is 0. The molecule has 0 atom stereocenters. The smallest absolute Gasteiger partial charge is 0.744 e. The summed E-state index contributed by atoms with van der Waals surface area (Å²) in [6, 6.07) is 21.7. The van der Waals surface area contributed by atoms with Gasteiger partial charge in [-0.1, -0.05) is 164 Å². The number of aryl methyl sites for hydroxylation is 2. The molecule has 4 rings (SSSR count). The second-order valence-electron chi connectivity index (χ2n) is 12.2. The van der Waals surface area contributed by atoms with Crippen LogP contribution in [0.3, 0.4) is 0 Å². The van der Waals surface area contributed by atoms with Gasteiger partial charge < -0.3 is 9.11 Å². The molecule has 0 fully saturated rings. The zero-order chi connectivity index (χ0) is 33.4. The fourth-order valence-corrected chi connectivity index (χ4v) is 8.00. The van der Waals surface area contributed by atoms with E-state index in [1.807, 2.05) is 36.4 Å². The van der Waals surface area contributed by atoms with Crippen molar-refractivity contribution in [1.29, 1.82) is 0 Å². The predicted molar refractivity (Wildman–Crippen MR) is 193 cm³/mol. The molecule has 0 aliphatic carbocycles. The molecule has 252 valence electrons. The number of unbranched alkanes of at least 4 members (excludes halogenated alkanes) is 12. The van der Waals surface area contributed by atoms with Gasteiger partial charge in [0.25, 0.3) is 0 Å². The minimum Gasteiger partial charge on any atom is -0.744 e. The van der Waals surface area contributed by atoms with Crippen molar-refractivity contribution in [3.05, 3.63) is 83.9 Å². The molecule has 0 saturated carbocycles. The van der Waals surface area contributed by atoms with Crippen molar-refractivity contribution < 1.29 is 25.9 Å². The van der Waals surface area contributed by atoms with Crippen LogP contribution in [-0.2, 0) is 33.1 Å². The molecule has 0 aliphatic rings. The molecule has 0 aromatic heterocycles. The maximum atomic E-state index is 11.7. The van der Waals surface area contributed by atoms with E-state index in [4.69, 9.17) is 0 Å². The van der Waals surface area contributed by atoms with Crippen molar-refractivity contribution in [1.82, 2.24) is 0 Å². The van der Waals surface area contributed by atoms with Crippen molar-refractivity contribution in [3.63, 3.8) is 0 Å². The largest absolute Gasteiger partial charge is 2.00 e. The van der Waals surface area contributed by atoms with Gasteiger partial charge in [0.1, 0.15) is 20.2 Å². The van der Waals surface area contributed by atoms with Crippen LogP contribution in [-0.4, -0.2) is 74.8 Å². The molecule has 9 heteroatoms. The Hall–Kier alpha value is -1.21. The van der Waals surface area contributed by atoms with Gasteiger partial charge >= 0.3 is 48.9 Å². The van der Waals surface area contributed by atoms with Crippen LogP contribution in [0.25, 0.3) is 21.5 Å². The van der Waals surface area contributed by atoms with Crippen molar-refractivity contribution in [2.45, 2.75) is 126 Å². The second-order valence-corrected chi connectivity index (χ2v) is 14.8. The third-order valence-electron chi connectivity index (χ3n) is 8.52. The number of fused-ring (bicyclic) bond motifs is 2. The standard InChI is InChI=1S/2C19H26O3S.Ba/c2*1-2-3-4-5-6-7-8-12-17-15-14-16-11-9-10-13-18(16)19(17)23(20,21)22;/h2*9-11,13-15H,2-8,12H2,1H3,(H,20,21,22);/q;;+2/p-2. The van der Waals surface area contributed by atoms with E-state index in [0.717, 1.165) is 36.5 Å². The Bertz CT molecular complexity index is 1610. The Morgan fingerprint density at radius 1 is 0.447 bits per heavy atom. The molecule has 0 radical (unpaired) electrons. The predicted octanol–water partition coefficient (Wildman–Crippen LogP) is 9.69. The SMILES string of the molecule is CCCCCCCCCc1ccc2ccccc2c1S(=O)(=O)[O-].CCCCCCCCCc1ccc2ccccc2c1S(=O)(=O)[O-].[Ba+2]. The van der Waals surface area contributed by atoms with Crippen molar-refractivity contribution >= 4 is 90.7 Å². The van der Waals surface area contributed by atoms with Gasteiger partial charge in [-0.05, 0) is 58.4 Å². The number of benzene rings is 4. The zero-order valence-corrected chi connectivity index (χ0v) is 34.3. The summed E-state index contributed by atoms with van der Waals surface area (Å²) in [4.78, 5) is -0.0526. The fourth-order valence-electron chi connectivity index (χ4n) is 6.11. The Balaban J connectivity index is 0.000000320. The quantitative estimate of drug-likeness (QED) is 0.0562. The van der Waals surface area contributed by atoms with E-state index in [-0.39, 0.29) is 58.7 Å². The third kappa shape index (κ3) is 13.9. The first-order valence-electron chi connectivity index (χ1n) is 17.0. The molecular formula is C38H50BaO6S2. The Labute approximate surface area is 323 Å². The molecule has 0 N–H and O–H groups in total. The maximum Gasteiger partial charge on any atom is 2.00 e. The minimum absolute atomic E-state index is 0. The summed E-state index contributed by atoms with van der Waals surface area (Å²) >= 11 is 0. The Morgan fingerprint density at radius 3 is 1.11 bits per heavy atom. The number of hydrogen-bond donors (Lipinski definition) is 0. The first-order valence-corrected chi connectivity index (χ1v) is 19.8. The van der Waals surface area contributed by atoms with Gasteiger partial charge in [-0.15, -0.1) is 0 Å². The van der Waals surface area contributed by atoms with E-state index >= 15 is 0 Å². The monoisotopic (exact) mass is 804 g/mol. The third-order valence-corrected chi connectivity index (χ3v) is 10.5. The van der Waals surface area contributed by atoms with E-state index in [0.29, 0.717) is 34.7 Å². The average molecular weight is 804 g/mol. The summed E-state index contributed by atoms with van der Waals surface area (Å²) in [6.45, 7) is 4.40. The van der Waals surface area contributed by atoms with Gasteiger partial charge in [0.15, 0.2) is 0 Å². The molecule has 0 unspecified atom stereocenters. The fraction of sp³-hybridized carbons (Fsp3) is 0.474. The van der Waals surface area contributed by atoms with Gasteiger partial charge in [-0.3, -0.25) is 0 Å². The van der Waals surface area contributed by atoms with Crippen LogP contribution in [0.1, 0.15) is 115 Å². The van der Waals surface area contributed by atoms with Gasteiger partial charge in [0, 0.05) is 0 Å². The first kappa shape index (κ1) is 42.0. The molecule has 4 aromatic carbocycles. The van der Waals surface area contributed by atoms with E-state index in [2.05, 4.69) is 13.8 Å². The number of hydrogen-bond acceptors (Lipinski definition) is 6. The maximum absolute atomic E-state index is 11.7. The molecule has 0 heterocycles. The first-order chi connectivity index (χ1) is 22.1. The molecule has 0 aliphatic heterocycles. The topological polar surface area (TPSA) is 114 Å². The molecule has 6 nitrogen and oxygen atoms in total. The molecule has 0 amide bonds. The molecule has 0 bridgehead atoms. The van der Waals surface area contributed by atoms with Crippen LogP contribution >= 0.6 is 0 Å². The molecule has 0 saturated heterocycles. The summed E-state index contributed by atoms with van der Waals surface area (Å²) in [6.07, 6.45) is 17.7. The van der Waals surface area contributed by atoms with Crippen LogP contribution in [0.4, 0.5) is 0 Å². The van der Waals surface area contributed by atoms with Crippen molar-refractivity contribution in [3.8, 4) is 0 Å². The van der Waals surface area contributed by atoms with Gasteiger partial charge in [-0.25, -0.2) is 16.8 Å². The normalized spacial score (nSPS) is 11.7. The molecular weight excluding hydrogens is 754 g/mol. The summed E-state index contributed by atoms with van der Waals surface area (Å²) in [5.41, 5.74) is 1.32. The molecule has 47 heavy (non-hydrogen) atoms. The van der Waals surface area contributed by atoms with E-state index < -0.39 is 20.2 Å². The van der Waals surface area contributed by atoms with E-state index in [1.165, 1.54) is 64.2 Å². The summed E-state index contributed by atoms with van der Waals surface area (Å²) in [7, 11) is -8.93. The summed E-state index contributed by atoms with van der Waals surface area (Å²) in [5, 5.41) is 2.68. The van der Waals surface area contributed by atoms with E-state index in [9.17, 15) is 25.9 Å². The van der Waals surface area contributed by atoms with E-state index in [1.54, 1.807) is 36.4 Å². The van der Waals surface area contributed by atoms with Crippen molar-refractivity contribution in [2.24, 2.45) is 0 Å². The minimum atomic E-state index is -4.46. The van der Waals surface area contributed by atoms with Crippen LogP contribution in [0.15, 0.2) is 82.6 Å². The van der Waals surface area contributed by atoms with Crippen molar-refractivity contribution in [2.75, 3.05) is 0 Å². The number of rotatable bonds is 18. The Kier molecular flexibility index (Phi) is 19.4. The summed E-state index contributed by atoms with van der Waals surface area (Å²) < 4.78 is 70.3. The van der Waals surface area contributed by atoms with Crippen LogP contribution in [0.2, 0.25) is 0 Å². The van der Waals surface area contributed by atoms with Crippen LogP contribution in [0, 0.1) is 0 Å². The Morgan fingerprint density at radius 2 is 0.766 bits per heavy atom. The zero-order valence-electron chi connectivity index (χ0n) is 28.2. The van der Waals surface area contributed by atoms with Gasteiger partial charge in [-0.2, -0.15) is 0 Å². The van der Waals surface area contributed by atoms with Gasteiger partial charge in [0.2, 0.25) is 0 Å². The second kappa shape index (κ2) is 21.8. The molecule has 0 spiro atoms.